The van der Waals surface area contributed by atoms with Gasteiger partial charge >= 0.3 is 0 Å². The van der Waals surface area contributed by atoms with E-state index in [0.29, 0.717) is 21.7 Å². The van der Waals surface area contributed by atoms with E-state index in [1.165, 1.54) is 34.5 Å². The SMILES string of the molecule is O=c1c2ccccc2sc2nc(C3CCCCC3)n(-c3cccc(F)c3)c(=O)c12. The molecule has 0 atom stereocenters. The minimum Gasteiger partial charge on any atom is -0.288 e. The molecular weight excluding hydrogens is 387 g/mol. The largest absolute Gasteiger partial charge is 0.288 e. The van der Waals surface area contributed by atoms with Crippen molar-refractivity contribution >= 4 is 31.6 Å². The first kappa shape index (κ1) is 18.2. The highest BCUT2D eigenvalue weighted by Gasteiger charge is 2.25. The number of hydrogen-bond acceptors (Lipinski definition) is 4. The van der Waals surface area contributed by atoms with E-state index >= 15 is 0 Å². The van der Waals surface area contributed by atoms with Crippen LogP contribution in [0, 0.1) is 5.82 Å². The average molecular weight is 406 g/mol. The van der Waals surface area contributed by atoms with Gasteiger partial charge < -0.3 is 0 Å². The van der Waals surface area contributed by atoms with Crippen molar-refractivity contribution in [1.82, 2.24) is 9.55 Å². The van der Waals surface area contributed by atoms with E-state index < -0.39 is 11.4 Å². The topological polar surface area (TPSA) is 52.0 Å². The van der Waals surface area contributed by atoms with Crippen LogP contribution < -0.4 is 11.0 Å². The first-order valence-electron chi connectivity index (χ1n) is 9.88. The van der Waals surface area contributed by atoms with E-state index in [-0.39, 0.29) is 16.7 Å². The summed E-state index contributed by atoms with van der Waals surface area (Å²) >= 11 is 1.37. The molecule has 0 amide bonds. The molecule has 29 heavy (non-hydrogen) atoms. The maximum atomic E-state index is 14.0. The van der Waals surface area contributed by atoms with Gasteiger partial charge in [0, 0.05) is 16.0 Å². The van der Waals surface area contributed by atoms with Crippen LogP contribution in [0.25, 0.3) is 26.0 Å². The lowest BCUT2D eigenvalue weighted by molar-refractivity contribution is 0.422. The van der Waals surface area contributed by atoms with Gasteiger partial charge in [-0.2, -0.15) is 0 Å². The summed E-state index contributed by atoms with van der Waals surface area (Å²) in [6.45, 7) is 0. The van der Waals surface area contributed by atoms with Crippen LogP contribution in [-0.2, 0) is 0 Å². The van der Waals surface area contributed by atoms with Gasteiger partial charge in [0.2, 0.25) is 5.43 Å². The monoisotopic (exact) mass is 406 g/mol. The van der Waals surface area contributed by atoms with E-state index in [0.717, 1.165) is 30.4 Å². The Morgan fingerprint density at radius 1 is 1.00 bits per heavy atom. The summed E-state index contributed by atoms with van der Waals surface area (Å²) < 4.78 is 16.2. The molecule has 0 unspecified atom stereocenters. The molecule has 146 valence electrons. The molecular formula is C23H19FN2O2S. The summed E-state index contributed by atoms with van der Waals surface area (Å²) in [6.07, 6.45) is 5.21. The summed E-state index contributed by atoms with van der Waals surface area (Å²) in [5, 5.41) is 0.595. The molecule has 0 N–H and O–H groups in total. The number of nitrogens with zero attached hydrogens (tertiary/aromatic N) is 2. The fourth-order valence-corrected chi connectivity index (χ4v) is 5.31. The normalized spacial score (nSPS) is 15.2. The van der Waals surface area contributed by atoms with Crippen molar-refractivity contribution in [3.05, 3.63) is 80.7 Å². The van der Waals surface area contributed by atoms with Gasteiger partial charge in [0.05, 0.1) is 5.69 Å². The summed E-state index contributed by atoms with van der Waals surface area (Å²) in [5.41, 5.74) is -0.303. The van der Waals surface area contributed by atoms with Gasteiger partial charge in [-0.05, 0) is 43.2 Å². The van der Waals surface area contributed by atoms with E-state index in [2.05, 4.69) is 0 Å². The van der Waals surface area contributed by atoms with E-state index in [1.807, 2.05) is 12.1 Å². The zero-order chi connectivity index (χ0) is 20.0. The lowest BCUT2D eigenvalue weighted by atomic mass is 9.88. The van der Waals surface area contributed by atoms with Gasteiger partial charge in [0.15, 0.2) is 0 Å². The molecule has 5 rings (SSSR count). The third-order valence-electron chi connectivity index (χ3n) is 5.68. The molecule has 0 aliphatic heterocycles. The molecule has 1 saturated carbocycles. The Kier molecular flexibility index (Phi) is 4.51. The molecule has 0 radical (unpaired) electrons. The number of hydrogen-bond donors (Lipinski definition) is 0. The predicted molar refractivity (Wildman–Crippen MR) is 115 cm³/mol. The van der Waals surface area contributed by atoms with Crippen LogP contribution in [0.4, 0.5) is 4.39 Å². The summed E-state index contributed by atoms with van der Waals surface area (Å²) in [4.78, 5) is 32.0. The van der Waals surface area contributed by atoms with E-state index in [1.54, 1.807) is 24.3 Å². The third kappa shape index (κ3) is 3.08. The van der Waals surface area contributed by atoms with Gasteiger partial charge in [-0.15, -0.1) is 11.3 Å². The quantitative estimate of drug-likeness (QED) is 0.433. The second kappa shape index (κ2) is 7.19. The lowest BCUT2D eigenvalue weighted by Gasteiger charge is -2.24. The van der Waals surface area contributed by atoms with Crippen LogP contribution in [0.2, 0.25) is 0 Å². The third-order valence-corrected chi connectivity index (χ3v) is 6.74. The number of fused-ring (bicyclic) bond motifs is 2. The molecule has 0 bridgehead atoms. The van der Waals surface area contributed by atoms with Gasteiger partial charge in [-0.25, -0.2) is 9.37 Å². The Hall–Kier alpha value is -2.86. The van der Waals surface area contributed by atoms with Crippen molar-refractivity contribution < 1.29 is 4.39 Å². The number of benzene rings is 2. The minimum absolute atomic E-state index is 0.0810. The number of halogens is 1. The van der Waals surface area contributed by atoms with Crippen LogP contribution in [0.1, 0.15) is 43.8 Å². The molecule has 2 heterocycles. The maximum Gasteiger partial charge on any atom is 0.270 e. The Labute approximate surface area is 170 Å². The van der Waals surface area contributed by atoms with Gasteiger partial charge in [0.1, 0.15) is 21.9 Å². The van der Waals surface area contributed by atoms with Crippen LogP contribution in [0.3, 0.4) is 0 Å². The van der Waals surface area contributed by atoms with Crippen molar-refractivity contribution in [2.45, 2.75) is 38.0 Å². The highest BCUT2D eigenvalue weighted by molar-refractivity contribution is 7.24. The lowest BCUT2D eigenvalue weighted by Crippen LogP contribution is -2.29. The smallest absolute Gasteiger partial charge is 0.270 e. The second-order valence-electron chi connectivity index (χ2n) is 7.53. The van der Waals surface area contributed by atoms with Gasteiger partial charge in [0.25, 0.3) is 5.56 Å². The Morgan fingerprint density at radius 3 is 2.59 bits per heavy atom. The standard InChI is InChI=1S/C23H19FN2O2S/c24-15-9-6-10-16(13-15)26-21(14-7-2-1-3-8-14)25-22-19(23(26)28)20(27)17-11-4-5-12-18(17)29-22/h4-6,9-14H,1-3,7-8H2. The average Bonchev–Trinajstić information content (AvgIpc) is 2.74. The van der Waals surface area contributed by atoms with Gasteiger partial charge in [-0.1, -0.05) is 37.5 Å². The maximum absolute atomic E-state index is 14.0. The Balaban J connectivity index is 1.90. The molecule has 0 spiro atoms. The molecule has 1 aliphatic rings. The number of aromatic nitrogens is 2. The summed E-state index contributed by atoms with van der Waals surface area (Å²) in [5.74, 6) is 0.337. The first-order chi connectivity index (χ1) is 14.1. The van der Waals surface area contributed by atoms with Gasteiger partial charge in [-0.3, -0.25) is 14.2 Å². The van der Waals surface area contributed by atoms with Crippen LogP contribution >= 0.6 is 11.3 Å². The molecule has 4 aromatic rings. The number of rotatable bonds is 2. The summed E-state index contributed by atoms with van der Waals surface area (Å²) in [7, 11) is 0. The fourth-order valence-electron chi connectivity index (χ4n) is 4.27. The second-order valence-corrected chi connectivity index (χ2v) is 8.56. The highest BCUT2D eigenvalue weighted by Crippen LogP contribution is 2.33. The fraction of sp³-hybridized carbons (Fsp3) is 0.261. The summed E-state index contributed by atoms with van der Waals surface area (Å²) in [6, 6.07) is 13.2. The Bertz CT molecular complexity index is 1350. The zero-order valence-electron chi connectivity index (χ0n) is 15.7. The van der Waals surface area contributed by atoms with Crippen LogP contribution in [0.15, 0.2) is 58.1 Å². The Morgan fingerprint density at radius 2 is 1.79 bits per heavy atom. The zero-order valence-corrected chi connectivity index (χ0v) is 16.5. The van der Waals surface area contributed by atoms with E-state index in [9.17, 15) is 14.0 Å². The predicted octanol–water partition coefficient (Wildman–Crippen LogP) is 5.15. The van der Waals surface area contributed by atoms with Crippen LogP contribution in [0.5, 0.6) is 0 Å². The molecule has 2 aromatic carbocycles. The van der Waals surface area contributed by atoms with Crippen LogP contribution in [-0.4, -0.2) is 9.55 Å². The molecule has 6 heteroatoms. The molecule has 1 fully saturated rings. The van der Waals surface area contributed by atoms with E-state index in [4.69, 9.17) is 4.98 Å². The van der Waals surface area contributed by atoms with Crippen molar-refractivity contribution in [2.24, 2.45) is 0 Å². The highest BCUT2D eigenvalue weighted by atomic mass is 32.1. The minimum atomic E-state index is -0.423. The van der Waals surface area contributed by atoms with Crippen molar-refractivity contribution in [1.29, 1.82) is 0 Å². The molecule has 4 nitrogen and oxygen atoms in total. The van der Waals surface area contributed by atoms with Crippen molar-refractivity contribution in [3.8, 4) is 5.69 Å². The van der Waals surface area contributed by atoms with Crippen molar-refractivity contribution in [3.63, 3.8) is 0 Å². The molecule has 0 saturated heterocycles. The first-order valence-corrected chi connectivity index (χ1v) is 10.7. The molecule has 1 aliphatic carbocycles. The van der Waals surface area contributed by atoms with Crippen molar-refractivity contribution in [2.75, 3.05) is 0 Å². The molecule has 2 aromatic heterocycles.